The van der Waals surface area contributed by atoms with Crippen molar-refractivity contribution in [2.45, 2.75) is 44.3 Å². The molecule has 0 radical (unpaired) electrons. The Morgan fingerprint density at radius 3 is 2.76 bits per heavy atom. The van der Waals surface area contributed by atoms with Crippen LogP contribution in [-0.4, -0.2) is 22.6 Å². The SMILES string of the molecule is CN1C2CCC1c1c(n(CCc3ccccc3)c3ccc(F)cc13)C2. The second-order valence-corrected chi connectivity index (χ2v) is 7.53. The molecule has 0 spiro atoms. The molecule has 3 heterocycles. The summed E-state index contributed by atoms with van der Waals surface area (Å²) < 4.78 is 16.5. The molecular formula is C22H23FN2. The zero-order valence-corrected chi connectivity index (χ0v) is 14.6. The summed E-state index contributed by atoms with van der Waals surface area (Å²) in [6.07, 6.45) is 4.56. The zero-order chi connectivity index (χ0) is 17.0. The molecule has 5 rings (SSSR count). The highest BCUT2D eigenvalue weighted by Gasteiger charge is 2.40. The molecule has 25 heavy (non-hydrogen) atoms. The van der Waals surface area contributed by atoms with E-state index >= 15 is 0 Å². The van der Waals surface area contributed by atoms with Crippen molar-refractivity contribution in [3.8, 4) is 0 Å². The van der Waals surface area contributed by atoms with Crippen molar-refractivity contribution in [2.24, 2.45) is 0 Å². The van der Waals surface area contributed by atoms with Crippen LogP contribution in [0.2, 0.25) is 0 Å². The second-order valence-electron chi connectivity index (χ2n) is 7.53. The number of halogens is 1. The molecular weight excluding hydrogens is 311 g/mol. The Morgan fingerprint density at radius 2 is 1.92 bits per heavy atom. The highest BCUT2D eigenvalue weighted by atomic mass is 19.1. The van der Waals surface area contributed by atoms with Crippen molar-refractivity contribution in [1.82, 2.24) is 9.47 Å². The minimum Gasteiger partial charge on any atom is -0.344 e. The molecule has 0 amide bonds. The number of rotatable bonds is 3. The van der Waals surface area contributed by atoms with E-state index in [4.69, 9.17) is 0 Å². The minimum absolute atomic E-state index is 0.127. The number of hydrogen-bond donors (Lipinski definition) is 0. The van der Waals surface area contributed by atoms with Crippen LogP contribution >= 0.6 is 0 Å². The number of benzene rings is 2. The largest absolute Gasteiger partial charge is 0.344 e. The Labute approximate surface area is 147 Å². The van der Waals surface area contributed by atoms with Crippen LogP contribution < -0.4 is 0 Å². The van der Waals surface area contributed by atoms with E-state index < -0.39 is 0 Å². The Hall–Kier alpha value is -2.13. The highest BCUT2D eigenvalue weighted by molar-refractivity contribution is 5.86. The van der Waals surface area contributed by atoms with Gasteiger partial charge in [0.25, 0.3) is 0 Å². The number of aromatic nitrogens is 1. The van der Waals surface area contributed by atoms with E-state index in [1.54, 1.807) is 12.1 Å². The van der Waals surface area contributed by atoms with Crippen LogP contribution in [0.25, 0.3) is 10.9 Å². The van der Waals surface area contributed by atoms with E-state index in [1.807, 2.05) is 6.07 Å². The number of fused-ring (bicyclic) bond motifs is 6. The monoisotopic (exact) mass is 334 g/mol. The van der Waals surface area contributed by atoms with Crippen molar-refractivity contribution in [2.75, 3.05) is 7.05 Å². The molecule has 3 heteroatoms. The first-order valence-corrected chi connectivity index (χ1v) is 9.29. The van der Waals surface area contributed by atoms with Gasteiger partial charge in [0.1, 0.15) is 5.82 Å². The third-order valence-corrected chi connectivity index (χ3v) is 6.25. The Morgan fingerprint density at radius 1 is 1.08 bits per heavy atom. The van der Waals surface area contributed by atoms with E-state index in [9.17, 15) is 4.39 Å². The standard InChI is InChI=1S/C22H23FN2/c1-24-17-8-10-20(24)22-18-13-16(23)7-9-19(18)25(21(22)14-17)12-11-15-5-3-2-4-6-15/h2-7,9,13,17,20H,8,10-12,14H2,1H3. The molecule has 2 bridgehead atoms. The lowest BCUT2D eigenvalue weighted by Crippen LogP contribution is -2.34. The maximum Gasteiger partial charge on any atom is 0.123 e. The van der Waals surface area contributed by atoms with Gasteiger partial charge in [-0.2, -0.15) is 0 Å². The lowest BCUT2D eigenvalue weighted by molar-refractivity contribution is 0.222. The Balaban J connectivity index is 1.62. The van der Waals surface area contributed by atoms with Crippen molar-refractivity contribution in [1.29, 1.82) is 0 Å². The zero-order valence-electron chi connectivity index (χ0n) is 14.6. The minimum atomic E-state index is -0.127. The Kier molecular flexibility index (Phi) is 3.46. The van der Waals surface area contributed by atoms with E-state index in [-0.39, 0.29) is 5.82 Å². The average Bonchev–Trinajstić information content (AvgIpc) is 3.04. The lowest BCUT2D eigenvalue weighted by Gasteiger charge is -2.32. The van der Waals surface area contributed by atoms with Gasteiger partial charge in [0.2, 0.25) is 0 Å². The highest BCUT2D eigenvalue weighted by Crippen LogP contribution is 2.46. The van der Waals surface area contributed by atoms with Crippen molar-refractivity contribution < 1.29 is 4.39 Å². The maximum absolute atomic E-state index is 14.0. The van der Waals surface area contributed by atoms with Crippen LogP contribution in [-0.2, 0) is 19.4 Å². The van der Waals surface area contributed by atoms with Crippen LogP contribution in [0.1, 0.15) is 35.7 Å². The van der Waals surface area contributed by atoms with Gasteiger partial charge in [0, 0.05) is 41.6 Å². The van der Waals surface area contributed by atoms with Crippen molar-refractivity contribution >= 4 is 10.9 Å². The van der Waals surface area contributed by atoms with Gasteiger partial charge < -0.3 is 4.57 Å². The Bertz CT molecular complexity index is 928. The molecule has 1 aromatic heterocycles. The molecule has 2 nitrogen and oxygen atoms in total. The fourth-order valence-corrected chi connectivity index (χ4v) is 4.97. The van der Waals surface area contributed by atoms with Gasteiger partial charge in [-0.25, -0.2) is 4.39 Å². The van der Waals surface area contributed by atoms with E-state index in [0.717, 1.165) is 24.8 Å². The predicted octanol–water partition coefficient (Wildman–Crippen LogP) is 4.71. The molecule has 3 aromatic rings. The number of nitrogens with zero attached hydrogens (tertiary/aromatic N) is 2. The maximum atomic E-state index is 14.0. The van der Waals surface area contributed by atoms with Crippen LogP contribution in [0.3, 0.4) is 0 Å². The average molecular weight is 334 g/mol. The number of hydrogen-bond acceptors (Lipinski definition) is 1. The molecule has 2 aliphatic rings. The molecule has 2 aliphatic heterocycles. The molecule has 2 unspecified atom stereocenters. The number of aryl methyl sites for hydroxylation is 2. The van der Waals surface area contributed by atoms with Crippen LogP contribution in [0.15, 0.2) is 48.5 Å². The summed E-state index contributed by atoms with van der Waals surface area (Å²) in [5.74, 6) is -0.127. The summed E-state index contributed by atoms with van der Waals surface area (Å²) in [5, 5.41) is 1.13. The molecule has 0 aliphatic carbocycles. The molecule has 2 aromatic carbocycles. The fraction of sp³-hybridized carbons (Fsp3) is 0.364. The van der Waals surface area contributed by atoms with Gasteiger partial charge in [-0.15, -0.1) is 0 Å². The van der Waals surface area contributed by atoms with Crippen LogP contribution in [0.4, 0.5) is 4.39 Å². The summed E-state index contributed by atoms with van der Waals surface area (Å²) in [4.78, 5) is 2.51. The first-order chi connectivity index (χ1) is 12.2. The van der Waals surface area contributed by atoms with E-state index in [2.05, 4.69) is 46.8 Å². The summed E-state index contributed by atoms with van der Waals surface area (Å²) in [6, 6.07) is 17.1. The number of likely N-dealkylation sites (N-methyl/N-ethyl adjacent to an activating group) is 1. The van der Waals surface area contributed by atoms with Gasteiger partial charge in [0.05, 0.1) is 0 Å². The first-order valence-electron chi connectivity index (χ1n) is 9.29. The van der Waals surface area contributed by atoms with Crippen molar-refractivity contribution in [3.63, 3.8) is 0 Å². The van der Waals surface area contributed by atoms with Crippen LogP contribution in [0, 0.1) is 5.82 Å². The van der Waals surface area contributed by atoms with E-state index in [1.165, 1.54) is 35.2 Å². The molecule has 1 saturated heterocycles. The molecule has 128 valence electrons. The van der Waals surface area contributed by atoms with Crippen LogP contribution in [0.5, 0.6) is 0 Å². The summed E-state index contributed by atoms with van der Waals surface area (Å²) >= 11 is 0. The van der Waals surface area contributed by atoms with E-state index in [0.29, 0.717) is 12.1 Å². The lowest BCUT2D eigenvalue weighted by atomic mass is 9.97. The van der Waals surface area contributed by atoms with Gasteiger partial charge in [-0.05, 0) is 55.6 Å². The topological polar surface area (TPSA) is 8.17 Å². The first kappa shape index (κ1) is 15.2. The molecule has 1 fully saturated rings. The normalized spacial score (nSPS) is 22.5. The quantitative estimate of drug-likeness (QED) is 0.673. The van der Waals surface area contributed by atoms with Crippen molar-refractivity contribution in [3.05, 3.63) is 71.2 Å². The second kappa shape index (κ2) is 5.70. The molecule has 2 atom stereocenters. The van der Waals surface area contributed by atoms with Gasteiger partial charge in [-0.3, -0.25) is 4.90 Å². The third kappa shape index (κ3) is 2.33. The molecule has 0 N–H and O–H groups in total. The molecule has 0 saturated carbocycles. The van der Waals surface area contributed by atoms with Gasteiger partial charge >= 0.3 is 0 Å². The smallest absolute Gasteiger partial charge is 0.123 e. The third-order valence-electron chi connectivity index (χ3n) is 6.25. The summed E-state index contributed by atoms with van der Waals surface area (Å²) in [5.41, 5.74) is 5.39. The summed E-state index contributed by atoms with van der Waals surface area (Å²) in [7, 11) is 2.23. The van der Waals surface area contributed by atoms with Gasteiger partial charge in [0.15, 0.2) is 0 Å². The fourth-order valence-electron chi connectivity index (χ4n) is 4.97. The van der Waals surface area contributed by atoms with Gasteiger partial charge in [-0.1, -0.05) is 30.3 Å². The summed E-state index contributed by atoms with van der Waals surface area (Å²) in [6.45, 7) is 0.963. The predicted molar refractivity (Wildman–Crippen MR) is 99.3 cm³/mol.